The van der Waals surface area contributed by atoms with Crippen LogP contribution in [0.25, 0.3) is 11.6 Å². The Morgan fingerprint density at radius 3 is 2.34 bits per heavy atom. The number of nitrogens with two attached hydrogens (primary N) is 1. The zero-order valence-corrected chi connectivity index (χ0v) is 15.9. The van der Waals surface area contributed by atoms with Gasteiger partial charge in [-0.15, -0.1) is 0 Å². The summed E-state index contributed by atoms with van der Waals surface area (Å²) in [5.41, 5.74) is 7.41. The van der Waals surface area contributed by atoms with Crippen LogP contribution in [0.5, 0.6) is 0 Å². The summed E-state index contributed by atoms with van der Waals surface area (Å²) in [4.78, 5) is 37.8. The summed E-state index contributed by atoms with van der Waals surface area (Å²) in [7, 11) is 0. The van der Waals surface area contributed by atoms with Gasteiger partial charge >= 0.3 is 0 Å². The van der Waals surface area contributed by atoms with E-state index in [4.69, 9.17) is 5.73 Å². The predicted molar refractivity (Wildman–Crippen MR) is 107 cm³/mol. The summed E-state index contributed by atoms with van der Waals surface area (Å²) >= 11 is 0. The molecule has 1 atom stereocenters. The molecule has 0 spiro atoms. The normalized spacial score (nSPS) is 17.1. The maximum Gasteiger partial charge on any atom is 0.267 e. The number of benzene rings is 1. The standard InChI is InChI=1S/C22H21N5O2/c23-20(29)17-12-18(28)27(22(26-17)21-24-10-1-11-25-21)19(16-8-9-16)15-6-4-14(5-7-15)13-2-3-13/h1,4-7,10-13,16,19H,2-3,8-9H2,(H2,23,29)/t19-/m0/s1. The number of primary amides is 1. The first kappa shape index (κ1) is 17.7. The minimum atomic E-state index is -0.747. The fourth-order valence-corrected chi connectivity index (χ4v) is 3.88. The Kier molecular flexibility index (Phi) is 4.23. The molecule has 7 nitrogen and oxygen atoms in total. The molecular weight excluding hydrogens is 366 g/mol. The van der Waals surface area contributed by atoms with Crippen LogP contribution < -0.4 is 11.3 Å². The molecule has 1 aromatic carbocycles. The largest absolute Gasteiger partial charge is 0.364 e. The lowest BCUT2D eigenvalue weighted by Crippen LogP contribution is -2.31. The van der Waals surface area contributed by atoms with Gasteiger partial charge in [0.25, 0.3) is 11.5 Å². The fraction of sp³-hybridized carbons (Fsp3) is 0.318. The van der Waals surface area contributed by atoms with Crippen LogP contribution in [0.4, 0.5) is 0 Å². The summed E-state index contributed by atoms with van der Waals surface area (Å²) in [6, 6.07) is 11.3. The fourth-order valence-electron chi connectivity index (χ4n) is 3.88. The van der Waals surface area contributed by atoms with E-state index >= 15 is 0 Å². The predicted octanol–water partition coefficient (Wildman–Crippen LogP) is 2.68. The second-order valence-corrected chi connectivity index (χ2v) is 7.83. The summed E-state index contributed by atoms with van der Waals surface area (Å²) in [6.07, 6.45) is 7.75. The summed E-state index contributed by atoms with van der Waals surface area (Å²) < 4.78 is 1.63. The average molecular weight is 387 g/mol. The maximum atomic E-state index is 13.1. The first-order valence-corrected chi connectivity index (χ1v) is 9.92. The maximum absolute atomic E-state index is 13.1. The van der Waals surface area contributed by atoms with E-state index in [0.717, 1.165) is 18.4 Å². The van der Waals surface area contributed by atoms with Gasteiger partial charge in [-0.1, -0.05) is 24.3 Å². The van der Waals surface area contributed by atoms with E-state index < -0.39 is 5.91 Å². The quantitative estimate of drug-likeness (QED) is 0.700. The molecule has 7 heteroatoms. The van der Waals surface area contributed by atoms with E-state index in [1.165, 1.54) is 24.5 Å². The highest BCUT2D eigenvalue weighted by molar-refractivity contribution is 5.91. The summed E-state index contributed by atoms with van der Waals surface area (Å²) in [5, 5.41) is 0. The number of amides is 1. The Hall–Kier alpha value is -3.35. The Bertz CT molecular complexity index is 1120. The number of rotatable bonds is 6. The molecule has 5 rings (SSSR count). The molecule has 0 bridgehead atoms. The first-order chi connectivity index (χ1) is 14.1. The van der Waals surface area contributed by atoms with Crippen LogP contribution >= 0.6 is 0 Å². The van der Waals surface area contributed by atoms with E-state index in [2.05, 4.69) is 39.2 Å². The zero-order valence-electron chi connectivity index (χ0n) is 15.9. The number of carbonyl (C=O) groups is 1. The molecule has 2 N–H and O–H groups in total. The third-order valence-electron chi connectivity index (χ3n) is 5.64. The Morgan fingerprint density at radius 1 is 1.07 bits per heavy atom. The summed E-state index contributed by atoms with van der Waals surface area (Å²) in [6.45, 7) is 0. The van der Waals surface area contributed by atoms with Crippen molar-refractivity contribution in [1.29, 1.82) is 0 Å². The molecule has 0 aliphatic heterocycles. The van der Waals surface area contributed by atoms with Gasteiger partial charge < -0.3 is 5.73 Å². The van der Waals surface area contributed by atoms with Crippen LogP contribution in [0.3, 0.4) is 0 Å². The van der Waals surface area contributed by atoms with E-state index in [-0.39, 0.29) is 23.1 Å². The van der Waals surface area contributed by atoms with Gasteiger partial charge in [-0.05, 0) is 54.7 Å². The first-order valence-electron chi connectivity index (χ1n) is 9.92. The molecule has 2 aromatic heterocycles. The lowest BCUT2D eigenvalue weighted by atomic mass is 9.99. The molecule has 2 heterocycles. The number of aromatic nitrogens is 4. The molecular formula is C22H21N5O2. The Labute approximate surface area is 167 Å². The van der Waals surface area contributed by atoms with Crippen molar-refractivity contribution >= 4 is 5.91 Å². The SMILES string of the molecule is NC(=O)c1cc(=O)n([C@@H](c2ccc(C3CC3)cc2)C2CC2)c(-c2ncccn2)n1. The molecule has 2 saturated carbocycles. The van der Waals surface area contributed by atoms with Crippen LogP contribution in [-0.2, 0) is 0 Å². The molecule has 2 aliphatic rings. The van der Waals surface area contributed by atoms with Crippen molar-refractivity contribution in [1.82, 2.24) is 19.5 Å². The van der Waals surface area contributed by atoms with Crippen LogP contribution in [0.15, 0.2) is 53.6 Å². The van der Waals surface area contributed by atoms with Gasteiger partial charge in [-0.3, -0.25) is 14.2 Å². The lowest BCUT2D eigenvalue weighted by molar-refractivity contribution is 0.0995. The smallest absolute Gasteiger partial charge is 0.267 e. The van der Waals surface area contributed by atoms with Gasteiger partial charge in [0.15, 0.2) is 11.6 Å². The van der Waals surface area contributed by atoms with Crippen molar-refractivity contribution in [3.63, 3.8) is 0 Å². The lowest BCUT2D eigenvalue weighted by Gasteiger charge is -2.23. The second kappa shape index (κ2) is 6.92. The molecule has 29 heavy (non-hydrogen) atoms. The molecule has 146 valence electrons. The van der Waals surface area contributed by atoms with Crippen LogP contribution in [0.1, 0.15) is 59.3 Å². The van der Waals surface area contributed by atoms with Crippen molar-refractivity contribution in [2.24, 2.45) is 11.7 Å². The number of hydrogen-bond acceptors (Lipinski definition) is 5. The molecule has 0 unspecified atom stereocenters. The monoisotopic (exact) mass is 387 g/mol. The number of carbonyl (C=O) groups excluding carboxylic acids is 1. The topological polar surface area (TPSA) is 104 Å². The van der Waals surface area contributed by atoms with Crippen molar-refractivity contribution < 1.29 is 4.79 Å². The number of nitrogens with zero attached hydrogens (tertiary/aromatic N) is 4. The summed E-state index contributed by atoms with van der Waals surface area (Å²) in [5.74, 6) is 0.838. The highest BCUT2D eigenvalue weighted by Gasteiger charge is 2.36. The van der Waals surface area contributed by atoms with Gasteiger partial charge in [0.1, 0.15) is 5.69 Å². The molecule has 2 aliphatic carbocycles. The van der Waals surface area contributed by atoms with Crippen molar-refractivity contribution in [3.05, 3.63) is 76.0 Å². The van der Waals surface area contributed by atoms with Crippen LogP contribution in [0, 0.1) is 5.92 Å². The molecule has 1 amide bonds. The highest BCUT2D eigenvalue weighted by atomic mass is 16.1. The van der Waals surface area contributed by atoms with Crippen molar-refractivity contribution in [2.45, 2.75) is 37.6 Å². The zero-order chi connectivity index (χ0) is 20.0. The van der Waals surface area contributed by atoms with Gasteiger partial charge in [0.2, 0.25) is 0 Å². The number of hydrogen-bond donors (Lipinski definition) is 1. The van der Waals surface area contributed by atoms with Crippen molar-refractivity contribution in [2.75, 3.05) is 0 Å². The van der Waals surface area contributed by atoms with E-state index in [1.807, 2.05) is 0 Å². The van der Waals surface area contributed by atoms with Gasteiger partial charge in [0, 0.05) is 18.5 Å². The molecule has 0 radical (unpaired) electrons. The minimum Gasteiger partial charge on any atom is -0.364 e. The van der Waals surface area contributed by atoms with E-state index in [1.54, 1.807) is 23.0 Å². The minimum absolute atomic E-state index is 0.0765. The van der Waals surface area contributed by atoms with Gasteiger partial charge in [-0.2, -0.15) is 0 Å². The highest BCUT2D eigenvalue weighted by Crippen LogP contribution is 2.45. The second-order valence-electron chi connectivity index (χ2n) is 7.83. The molecule has 3 aromatic rings. The van der Waals surface area contributed by atoms with E-state index in [0.29, 0.717) is 17.7 Å². The Morgan fingerprint density at radius 2 is 1.76 bits per heavy atom. The molecule has 0 saturated heterocycles. The van der Waals surface area contributed by atoms with Crippen LogP contribution in [0.2, 0.25) is 0 Å². The van der Waals surface area contributed by atoms with Gasteiger partial charge in [-0.25, -0.2) is 15.0 Å². The van der Waals surface area contributed by atoms with Crippen molar-refractivity contribution in [3.8, 4) is 11.6 Å². The van der Waals surface area contributed by atoms with Gasteiger partial charge in [0.05, 0.1) is 6.04 Å². The third kappa shape index (κ3) is 3.44. The molecule has 2 fully saturated rings. The third-order valence-corrected chi connectivity index (χ3v) is 5.64. The average Bonchev–Trinajstić information content (AvgIpc) is 3.64. The van der Waals surface area contributed by atoms with E-state index in [9.17, 15) is 9.59 Å². The Balaban J connectivity index is 1.67. The van der Waals surface area contributed by atoms with Crippen LogP contribution in [-0.4, -0.2) is 25.4 Å².